The van der Waals surface area contributed by atoms with Crippen LogP contribution in [0.5, 0.6) is 0 Å². The third kappa shape index (κ3) is 3.42. The molecule has 2 heterocycles. The highest BCUT2D eigenvalue weighted by Gasteiger charge is 2.41. The molecule has 130 valence electrons. The van der Waals surface area contributed by atoms with Crippen LogP contribution in [-0.2, 0) is 9.59 Å². The SMILES string of the molecule is CCCN(C(=O)C1CCN(c2cccc(Cl)c2)C1=O)C1CCNC1. The molecule has 24 heavy (non-hydrogen) atoms. The van der Waals surface area contributed by atoms with Crippen molar-refractivity contribution in [1.29, 1.82) is 0 Å². The molecule has 2 aliphatic heterocycles. The summed E-state index contributed by atoms with van der Waals surface area (Å²) in [7, 11) is 0. The van der Waals surface area contributed by atoms with Crippen LogP contribution in [0.4, 0.5) is 5.69 Å². The van der Waals surface area contributed by atoms with E-state index in [-0.39, 0.29) is 17.9 Å². The fourth-order valence-electron chi connectivity index (χ4n) is 3.63. The van der Waals surface area contributed by atoms with E-state index in [1.54, 1.807) is 17.0 Å². The van der Waals surface area contributed by atoms with Gasteiger partial charge in [0, 0.05) is 36.4 Å². The number of nitrogens with one attached hydrogen (secondary N) is 1. The van der Waals surface area contributed by atoms with Crippen molar-refractivity contribution in [2.75, 3.05) is 31.1 Å². The molecule has 2 atom stereocenters. The lowest BCUT2D eigenvalue weighted by Gasteiger charge is -2.30. The molecule has 5 nitrogen and oxygen atoms in total. The van der Waals surface area contributed by atoms with E-state index in [2.05, 4.69) is 12.2 Å². The van der Waals surface area contributed by atoms with Crippen molar-refractivity contribution in [3.63, 3.8) is 0 Å². The Kier molecular flexibility index (Phi) is 5.41. The molecule has 2 amide bonds. The lowest BCUT2D eigenvalue weighted by molar-refractivity contribution is -0.141. The highest BCUT2D eigenvalue weighted by Crippen LogP contribution is 2.29. The van der Waals surface area contributed by atoms with Gasteiger partial charge in [-0.3, -0.25) is 9.59 Å². The van der Waals surface area contributed by atoms with Crippen LogP contribution in [0.25, 0.3) is 0 Å². The molecule has 2 saturated heterocycles. The van der Waals surface area contributed by atoms with Crippen molar-refractivity contribution < 1.29 is 9.59 Å². The van der Waals surface area contributed by atoms with Gasteiger partial charge in [-0.25, -0.2) is 0 Å². The first-order valence-electron chi connectivity index (χ1n) is 8.70. The first kappa shape index (κ1) is 17.2. The second-order valence-corrected chi connectivity index (χ2v) is 6.93. The number of anilines is 1. The molecule has 2 unspecified atom stereocenters. The van der Waals surface area contributed by atoms with Crippen molar-refractivity contribution in [2.24, 2.45) is 5.92 Å². The second kappa shape index (κ2) is 7.53. The minimum atomic E-state index is -0.559. The molecule has 2 aliphatic rings. The Hall–Kier alpha value is -1.59. The van der Waals surface area contributed by atoms with Crippen LogP contribution in [-0.4, -0.2) is 48.9 Å². The third-order valence-corrected chi connectivity index (χ3v) is 5.08. The average molecular weight is 350 g/mol. The maximum atomic E-state index is 13.0. The van der Waals surface area contributed by atoms with Crippen LogP contribution in [0.3, 0.4) is 0 Å². The van der Waals surface area contributed by atoms with Gasteiger partial charge in [-0.2, -0.15) is 0 Å². The number of rotatable bonds is 5. The highest BCUT2D eigenvalue weighted by atomic mass is 35.5. The van der Waals surface area contributed by atoms with Crippen LogP contribution in [0.1, 0.15) is 26.2 Å². The second-order valence-electron chi connectivity index (χ2n) is 6.49. The number of benzene rings is 1. The van der Waals surface area contributed by atoms with Gasteiger partial charge in [-0.15, -0.1) is 0 Å². The first-order valence-corrected chi connectivity index (χ1v) is 9.07. The summed E-state index contributed by atoms with van der Waals surface area (Å²) in [6, 6.07) is 7.46. The number of carbonyl (C=O) groups excluding carboxylic acids is 2. The summed E-state index contributed by atoms with van der Waals surface area (Å²) in [6.07, 6.45) is 2.44. The average Bonchev–Trinajstić information content (AvgIpc) is 3.21. The van der Waals surface area contributed by atoms with Crippen LogP contribution < -0.4 is 10.2 Å². The summed E-state index contributed by atoms with van der Waals surface area (Å²) < 4.78 is 0. The highest BCUT2D eigenvalue weighted by molar-refractivity contribution is 6.31. The molecule has 3 rings (SSSR count). The van der Waals surface area contributed by atoms with E-state index in [9.17, 15) is 9.59 Å². The maximum Gasteiger partial charge on any atom is 0.239 e. The van der Waals surface area contributed by atoms with E-state index in [1.807, 2.05) is 17.0 Å². The summed E-state index contributed by atoms with van der Waals surface area (Å²) in [4.78, 5) is 29.4. The van der Waals surface area contributed by atoms with Gasteiger partial charge in [-0.05, 0) is 44.0 Å². The summed E-state index contributed by atoms with van der Waals surface area (Å²) in [5.74, 6) is -0.675. The Balaban J connectivity index is 1.74. The van der Waals surface area contributed by atoms with E-state index >= 15 is 0 Å². The van der Waals surface area contributed by atoms with Gasteiger partial charge in [0.05, 0.1) is 0 Å². The quantitative estimate of drug-likeness (QED) is 0.830. The Labute approximate surface area is 147 Å². The predicted molar refractivity (Wildman–Crippen MR) is 95.2 cm³/mol. The van der Waals surface area contributed by atoms with Gasteiger partial charge in [-0.1, -0.05) is 24.6 Å². The zero-order valence-electron chi connectivity index (χ0n) is 14.0. The molecular weight excluding hydrogens is 326 g/mol. The molecule has 0 saturated carbocycles. The summed E-state index contributed by atoms with van der Waals surface area (Å²) in [5.41, 5.74) is 0.771. The van der Waals surface area contributed by atoms with E-state index in [4.69, 9.17) is 11.6 Å². The monoisotopic (exact) mass is 349 g/mol. The molecule has 6 heteroatoms. The first-order chi connectivity index (χ1) is 11.6. The van der Waals surface area contributed by atoms with E-state index in [1.165, 1.54) is 0 Å². The van der Waals surface area contributed by atoms with Gasteiger partial charge in [0.25, 0.3) is 0 Å². The number of carbonyl (C=O) groups is 2. The topological polar surface area (TPSA) is 52.7 Å². The molecule has 0 bridgehead atoms. The van der Waals surface area contributed by atoms with E-state index in [0.29, 0.717) is 24.5 Å². The number of hydrogen-bond donors (Lipinski definition) is 1. The fourth-order valence-corrected chi connectivity index (χ4v) is 3.81. The Morgan fingerprint density at radius 1 is 1.42 bits per heavy atom. The minimum absolute atomic E-state index is 0.0138. The molecular formula is C18H24ClN3O2. The Bertz CT molecular complexity index is 616. The molecule has 0 aromatic heterocycles. The van der Waals surface area contributed by atoms with Gasteiger partial charge in [0.2, 0.25) is 11.8 Å². The zero-order valence-corrected chi connectivity index (χ0v) is 14.8. The standard InChI is InChI=1S/C18H24ClN3O2/c1-2-9-21(15-6-8-20-12-15)17(23)16-7-10-22(18(16)24)14-5-3-4-13(19)11-14/h3-5,11,15-16,20H,2,6-10,12H2,1H3. The number of amides is 2. The van der Waals surface area contributed by atoms with Crippen LogP contribution in [0, 0.1) is 5.92 Å². The lowest BCUT2D eigenvalue weighted by atomic mass is 10.0. The largest absolute Gasteiger partial charge is 0.338 e. The summed E-state index contributed by atoms with van der Waals surface area (Å²) in [5, 5.41) is 3.90. The molecule has 0 spiro atoms. The third-order valence-electron chi connectivity index (χ3n) is 4.85. The van der Waals surface area contributed by atoms with Crippen molar-refractivity contribution in [3.8, 4) is 0 Å². The number of halogens is 1. The van der Waals surface area contributed by atoms with Crippen molar-refractivity contribution >= 4 is 29.1 Å². The Morgan fingerprint density at radius 2 is 2.25 bits per heavy atom. The van der Waals surface area contributed by atoms with Gasteiger partial charge >= 0.3 is 0 Å². The van der Waals surface area contributed by atoms with E-state index in [0.717, 1.165) is 31.6 Å². The fraction of sp³-hybridized carbons (Fsp3) is 0.556. The van der Waals surface area contributed by atoms with Gasteiger partial charge in [0.15, 0.2) is 0 Å². The summed E-state index contributed by atoms with van der Waals surface area (Å²) in [6.45, 7) is 5.11. The molecule has 2 fully saturated rings. The minimum Gasteiger partial charge on any atom is -0.338 e. The molecule has 1 aromatic carbocycles. The summed E-state index contributed by atoms with van der Waals surface area (Å²) >= 11 is 6.03. The van der Waals surface area contributed by atoms with Crippen molar-refractivity contribution in [1.82, 2.24) is 10.2 Å². The predicted octanol–water partition coefficient (Wildman–Crippen LogP) is 2.29. The molecule has 1 aromatic rings. The molecule has 1 N–H and O–H groups in total. The maximum absolute atomic E-state index is 13.0. The normalized spacial score (nSPS) is 23.8. The van der Waals surface area contributed by atoms with Crippen LogP contribution >= 0.6 is 11.6 Å². The smallest absolute Gasteiger partial charge is 0.239 e. The zero-order chi connectivity index (χ0) is 17.1. The van der Waals surface area contributed by atoms with Crippen LogP contribution in [0.15, 0.2) is 24.3 Å². The lowest BCUT2D eigenvalue weighted by Crippen LogP contribution is -2.47. The van der Waals surface area contributed by atoms with Crippen molar-refractivity contribution in [3.05, 3.63) is 29.3 Å². The van der Waals surface area contributed by atoms with E-state index < -0.39 is 5.92 Å². The van der Waals surface area contributed by atoms with Gasteiger partial charge in [0.1, 0.15) is 5.92 Å². The number of hydrogen-bond acceptors (Lipinski definition) is 3. The molecule has 0 aliphatic carbocycles. The van der Waals surface area contributed by atoms with Crippen LogP contribution in [0.2, 0.25) is 5.02 Å². The van der Waals surface area contributed by atoms with Gasteiger partial charge < -0.3 is 15.1 Å². The molecule has 0 radical (unpaired) electrons. The Morgan fingerprint density at radius 3 is 2.92 bits per heavy atom. The number of nitrogens with zero attached hydrogens (tertiary/aromatic N) is 2. The van der Waals surface area contributed by atoms with Crippen molar-refractivity contribution in [2.45, 2.75) is 32.2 Å².